The summed E-state index contributed by atoms with van der Waals surface area (Å²) in [5, 5.41) is 2.35. The molecule has 192 valence electrons. The molecule has 3 aromatic carbocycles. The van der Waals surface area contributed by atoms with Crippen molar-refractivity contribution in [3.63, 3.8) is 0 Å². The number of allylic oxidation sites excluding steroid dienone is 2. The van der Waals surface area contributed by atoms with Gasteiger partial charge in [0.2, 0.25) is 0 Å². The molecular formula is C33H37Cl2PZr. The minimum atomic E-state index is -0.899. The number of hydrogen-bond donors (Lipinski definition) is 0. The number of halogens is 2. The first-order chi connectivity index (χ1) is 16.6. The van der Waals surface area contributed by atoms with E-state index in [0.717, 1.165) is 0 Å². The Labute approximate surface area is 249 Å². The van der Waals surface area contributed by atoms with Crippen LogP contribution in [-0.4, -0.2) is 10.3 Å². The van der Waals surface area contributed by atoms with Crippen molar-refractivity contribution in [2.24, 2.45) is 0 Å². The van der Waals surface area contributed by atoms with Crippen LogP contribution in [0.4, 0.5) is 0 Å². The van der Waals surface area contributed by atoms with Crippen molar-refractivity contribution in [2.45, 2.75) is 66.0 Å². The first-order valence-corrected chi connectivity index (χ1v) is 17.0. The molecule has 2 atom stereocenters. The minimum absolute atomic E-state index is 0. The summed E-state index contributed by atoms with van der Waals surface area (Å²) >= 11 is -0.899. The Kier molecular flexibility index (Phi) is 9.62. The van der Waals surface area contributed by atoms with Gasteiger partial charge in [-0.1, -0.05) is 0 Å². The summed E-state index contributed by atoms with van der Waals surface area (Å²) in [4.78, 5) is 0. The van der Waals surface area contributed by atoms with Crippen LogP contribution in [0.5, 0.6) is 0 Å². The van der Waals surface area contributed by atoms with Gasteiger partial charge in [-0.2, -0.15) is 0 Å². The molecule has 2 unspecified atom stereocenters. The van der Waals surface area contributed by atoms with Gasteiger partial charge >= 0.3 is 226 Å². The molecule has 0 bridgehead atoms. The van der Waals surface area contributed by atoms with Crippen LogP contribution in [0.2, 0.25) is 0 Å². The molecule has 2 aliphatic carbocycles. The first-order valence-electron chi connectivity index (χ1n) is 12.8. The third kappa shape index (κ3) is 5.97. The van der Waals surface area contributed by atoms with Gasteiger partial charge in [-0.25, -0.2) is 0 Å². The molecule has 0 nitrogen and oxygen atoms in total. The molecule has 0 spiro atoms. The van der Waals surface area contributed by atoms with Crippen LogP contribution in [0.15, 0.2) is 83.7 Å². The van der Waals surface area contributed by atoms with Crippen LogP contribution in [0, 0.1) is 0 Å². The zero-order valence-corrected chi connectivity index (χ0v) is 27.8. The molecule has 0 saturated carbocycles. The van der Waals surface area contributed by atoms with Crippen molar-refractivity contribution in [1.82, 2.24) is 0 Å². The summed E-state index contributed by atoms with van der Waals surface area (Å²) in [5.74, 6) is 0. The third-order valence-electron chi connectivity index (χ3n) is 7.20. The van der Waals surface area contributed by atoms with Gasteiger partial charge in [-0.15, -0.1) is 0 Å². The maximum atomic E-state index is 2.61. The Hall–Kier alpha value is -0.967. The van der Waals surface area contributed by atoms with E-state index in [1.807, 2.05) is 0 Å². The fourth-order valence-corrected chi connectivity index (χ4v) is 16.3. The molecule has 2 aliphatic rings. The minimum Gasteiger partial charge on any atom is -1.00 e. The van der Waals surface area contributed by atoms with E-state index in [9.17, 15) is 0 Å². The van der Waals surface area contributed by atoms with Gasteiger partial charge in [0.15, 0.2) is 0 Å². The molecule has 0 heterocycles. The number of fused-ring (bicyclic) bond motifs is 2. The van der Waals surface area contributed by atoms with Gasteiger partial charge in [0, 0.05) is 0 Å². The van der Waals surface area contributed by atoms with E-state index in [2.05, 4.69) is 133 Å². The monoisotopic (exact) mass is 624 g/mol. The van der Waals surface area contributed by atoms with Crippen molar-refractivity contribution in [2.75, 3.05) is 0 Å². The van der Waals surface area contributed by atoms with Crippen LogP contribution in [0.1, 0.15) is 78.0 Å². The van der Waals surface area contributed by atoms with Crippen molar-refractivity contribution in [3.8, 4) is 11.1 Å². The summed E-state index contributed by atoms with van der Waals surface area (Å²) in [5.41, 5.74) is 10.4. The van der Waals surface area contributed by atoms with E-state index in [0.29, 0.717) is 7.25 Å². The van der Waals surface area contributed by atoms with E-state index in [-0.39, 0.29) is 43.0 Å². The van der Waals surface area contributed by atoms with E-state index >= 15 is 0 Å². The van der Waals surface area contributed by atoms with E-state index in [1.165, 1.54) is 22.3 Å². The van der Waals surface area contributed by atoms with Gasteiger partial charge in [0.25, 0.3) is 0 Å². The molecule has 0 N–H and O–H groups in total. The Morgan fingerprint density at radius 3 is 1.89 bits per heavy atom. The predicted molar refractivity (Wildman–Crippen MR) is 152 cm³/mol. The predicted octanol–water partition coefficient (Wildman–Crippen LogP) is 4.08. The number of hydrogen-bond acceptors (Lipinski definition) is 0. The number of benzene rings is 3. The van der Waals surface area contributed by atoms with Crippen LogP contribution >= 0.6 is 7.92 Å². The first kappa shape index (κ1) is 30.6. The van der Waals surface area contributed by atoms with Crippen LogP contribution in [-0.2, 0) is 23.2 Å². The molecule has 0 fully saturated rings. The maximum absolute atomic E-state index is 2.61. The summed E-state index contributed by atoms with van der Waals surface area (Å²) in [6, 6.07) is 27.2. The van der Waals surface area contributed by atoms with Crippen molar-refractivity contribution >= 4 is 20.1 Å². The molecular weight excluding hydrogens is 589 g/mol. The zero-order valence-electron chi connectivity index (χ0n) is 22.9. The Morgan fingerprint density at radius 1 is 0.649 bits per heavy atom. The van der Waals surface area contributed by atoms with Crippen molar-refractivity contribution < 1.29 is 48.0 Å². The topological polar surface area (TPSA) is 0 Å². The summed E-state index contributed by atoms with van der Waals surface area (Å²) in [7, 11) is -0.290. The normalized spacial score (nSPS) is 18.2. The van der Waals surface area contributed by atoms with Gasteiger partial charge in [0.05, 0.1) is 0 Å². The third-order valence-corrected chi connectivity index (χ3v) is 16.4. The van der Waals surface area contributed by atoms with Gasteiger partial charge in [-0.3, -0.25) is 0 Å². The van der Waals surface area contributed by atoms with Gasteiger partial charge < -0.3 is 24.8 Å². The smallest absolute Gasteiger partial charge is 1.00 e. The molecule has 0 saturated heterocycles. The summed E-state index contributed by atoms with van der Waals surface area (Å²) < 4.78 is 1.28. The SMILES string of the molecule is CC1=Cc2c(-c3ccccc3)cccc2[CH]1[Zr+2][CH]1C(P(C(C)(C)C)C(C)(C)C)=Cc2ccccc21.[Cl-].[Cl-]. The van der Waals surface area contributed by atoms with E-state index < -0.39 is 23.2 Å². The maximum Gasteiger partial charge on any atom is -1.00 e. The average molecular weight is 627 g/mol. The van der Waals surface area contributed by atoms with E-state index in [1.54, 1.807) is 22.0 Å². The van der Waals surface area contributed by atoms with Crippen LogP contribution < -0.4 is 24.8 Å². The van der Waals surface area contributed by atoms with Crippen molar-refractivity contribution in [3.05, 3.63) is 106 Å². The zero-order chi connectivity index (χ0) is 25.0. The quantitative estimate of drug-likeness (QED) is 0.384. The molecule has 37 heavy (non-hydrogen) atoms. The van der Waals surface area contributed by atoms with Gasteiger partial charge in [-0.05, 0) is 0 Å². The molecule has 0 aliphatic heterocycles. The fourth-order valence-electron chi connectivity index (χ4n) is 6.27. The average Bonchev–Trinajstić information content (AvgIpc) is 3.30. The molecule has 4 heteroatoms. The summed E-state index contributed by atoms with van der Waals surface area (Å²) in [6.45, 7) is 17.2. The Bertz CT molecular complexity index is 1300. The molecule has 0 amide bonds. The molecule has 5 rings (SSSR count). The standard InChI is InChI=1S/C17H24P.C16H13.2ClH.Zr/c1-16(2,3)18(17(4,5)6)15-11-13-9-7-8-10-14(13)12-15;1-12-10-14-8-5-9-15(16(14)11-12)13-6-3-2-4-7-13;;;/h7-12H,1-6H3;2-11H,1H3;2*1H;/q;;;;+2/p-2. The largest absolute Gasteiger partial charge is 1.00 e. The van der Waals surface area contributed by atoms with Gasteiger partial charge in [0.1, 0.15) is 0 Å². The Morgan fingerprint density at radius 2 is 1.24 bits per heavy atom. The van der Waals surface area contributed by atoms with Crippen molar-refractivity contribution in [1.29, 1.82) is 0 Å². The Balaban J connectivity index is 0.00000190. The molecule has 0 aromatic heterocycles. The summed E-state index contributed by atoms with van der Waals surface area (Å²) in [6.07, 6.45) is 5.11. The fraction of sp³-hybridized carbons (Fsp3) is 0.333. The molecule has 3 aromatic rings. The second-order valence-corrected chi connectivity index (χ2v) is 19.5. The molecule has 0 radical (unpaired) electrons. The second kappa shape index (κ2) is 11.6. The van der Waals surface area contributed by atoms with E-state index in [4.69, 9.17) is 0 Å². The number of rotatable bonds is 4. The second-order valence-electron chi connectivity index (χ2n) is 12.0. The van der Waals surface area contributed by atoms with Crippen LogP contribution in [0.3, 0.4) is 0 Å². The van der Waals surface area contributed by atoms with Crippen LogP contribution in [0.25, 0.3) is 23.3 Å².